The second kappa shape index (κ2) is 4.66. The molecule has 4 nitrogen and oxygen atoms in total. The van der Waals surface area contributed by atoms with Crippen LogP contribution in [0.2, 0.25) is 0 Å². The van der Waals surface area contributed by atoms with Gasteiger partial charge in [0.2, 0.25) is 0 Å². The standard InChI is InChI=1S/C12H17N2O2S/c1-13(2)7-8-14-9-10-17(15,16)12-6-4-3-5-11(12)14/h4-6H,7-10H2,1-2H3. The minimum Gasteiger partial charge on any atom is -0.368 e. The molecule has 0 spiro atoms. The zero-order valence-corrected chi connectivity index (χ0v) is 11.0. The van der Waals surface area contributed by atoms with E-state index in [9.17, 15) is 8.42 Å². The van der Waals surface area contributed by atoms with E-state index in [4.69, 9.17) is 0 Å². The Bertz CT molecular complexity index is 497. The summed E-state index contributed by atoms with van der Waals surface area (Å²) in [6, 6.07) is 8.03. The minimum absolute atomic E-state index is 0.206. The van der Waals surface area contributed by atoms with Gasteiger partial charge >= 0.3 is 0 Å². The third-order valence-corrected chi connectivity index (χ3v) is 4.66. The number of hydrogen-bond donors (Lipinski definition) is 0. The first-order chi connectivity index (χ1) is 8.00. The van der Waals surface area contributed by atoms with E-state index in [0.29, 0.717) is 11.4 Å². The molecule has 1 aromatic rings. The maximum atomic E-state index is 11.9. The number of hydrogen-bond acceptors (Lipinski definition) is 4. The number of benzene rings is 1. The highest BCUT2D eigenvalue weighted by Gasteiger charge is 2.27. The van der Waals surface area contributed by atoms with Crippen LogP contribution in [-0.4, -0.2) is 52.8 Å². The topological polar surface area (TPSA) is 40.6 Å². The molecule has 0 aromatic heterocycles. The van der Waals surface area contributed by atoms with Crippen molar-refractivity contribution in [1.29, 1.82) is 0 Å². The first-order valence-corrected chi connectivity index (χ1v) is 7.28. The summed E-state index contributed by atoms with van der Waals surface area (Å²) in [5.74, 6) is 0.206. The van der Waals surface area contributed by atoms with Gasteiger partial charge < -0.3 is 9.80 Å². The van der Waals surface area contributed by atoms with Crippen LogP contribution in [0.3, 0.4) is 0 Å². The van der Waals surface area contributed by atoms with Gasteiger partial charge in [0, 0.05) is 19.6 Å². The molecule has 0 atom stereocenters. The molecule has 5 heteroatoms. The van der Waals surface area contributed by atoms with Crippen molar-refractivity contribution >= 4 is 15.5 Å². The molecule has 1 radical (unpaired) electrons. The zero-order chi connectivity index (χ0) is 12.5. The molecule has 0 bridgehead atoms. The molecule has 0 amide bonds. The quantitative estimate of drug-likeness (QED) is 0.793. The molecule has 0 N–H and O–H groups in total. The normalized spacial score (nSPS) is 18.2. The molecule has 93 valence electrons. The number of sulfone groups is 1. The Labute approximate surface area is 103 Å². The van der Waals surface area contributed by atoms with Crippen LogP contribution in [0.5, 0.6) is 0 Å². The molecule has 2 rings (SSSR count). The SMILES string of the molecule is CN(C)CCN1CCS(=O)(=O)c2cc[c]cc21. The monoisotopic (exact) mass is 253 g/mol. The van der Waals surface area contributed by atoms with Gasteiger partial charge in [-0.3, -0.25) is 0 Å². The maximum absolute atomic E-state index is 11.9. The predicted molar refractivity (Wildman–Crippen MR) is 68.1 cm³/mol. The summed E-state index contributed by atoms with van der Waals surface area (Å²) < 4.78 is 23.8. The van der Waals surface area contributed by atoms with E-state index in [-0.39, 0.29) is 5.75 Å². The molecule has 0 aliphatic carbocycles. The van der Waals surface area contributed by atoms with Crippen LogP contribution in [0.1, 0.15) is 0 Å². The molecular weight excluding hydrogens is 236 g/mol. The first-order valence-electron chi connectivity index (χ1n) is 5.63. The summed E-state index contributed by atoms with van der Waals surface area (Å²) in [6.45, 7) is 2.32. The van der Waals surface area contributed by atoms with Crippen LogP contribution in [-0.2, 0) is 9.84 Å². The number of rotatable bonds is 3. The van der Waals surface area contributed by atoms with Crippen molar-refractivity contribution in [3.63, 3.8) is 0 Å². The summed E-state index contributed by atoms with van der Waals surface area (Å²) in [5.41, 5.74) is 0.792. The second-order valence-corrected chi connectivity index (χ2v) is 6.58. The highest BCUT2D eigenvalue weighted by Crippen LogP contribution is 2.29. The molecule has 1 aliphatic heterocycles. The van der Waals surface area contributed by atoms with Gasteiger partial charge in [-0.25, -0.2) is 8.42 Å². The molecule has 1 aromatic carbocycles. The Morgan fingerprint density at radius 1 is 1.47 bits per heavy atom. The summed E-state index contributed by atoms with van der Waals surface area (Å²) in [7, 11) is 0.936. The summed E-state index contributed by atoms with van der Waals surface area (Å²) >= 11 is 0. The van der Waals surface area contributed by atoms with Gasteiger partial charge in [-0.1, -0.05) is 6.07 Å². The van der Waals surface area contributed by atoms with Gasteiger partial charge in [0.25, 0.3) is 0 Å². The van der Waals surface area contributed by atoms with Gasteiger partial charge in [-0.05, 0) is 32.3 Å². The van der Waals surface area contributed by atoms with E-state index in [0.717, 1.165) is 18.8 Å². The molecule has 0 saturated heterocycles. The average molecular weight is 253 g/mol. The van der Waals surface area contributed by atoms with Gasteiger partial charge in [0.15, 0.2) is 9.84 Å². The van der Waals surface area contributed by atoms with E-state index in [1.165, 1.54) is 0 Å². The lowest BCUT2D eigenvalue weighted by Crippen LogP contribution is -2.39. The molecule has 0 unspecified atom stereocenters. The molecular formula is C12H17N2O2S. The van der Waals surface area contributed by atoms with Crippen molar-refractivity contribution in [1.82, 2.24) is 4.90 Å². The van der Waals surface area contributed by atoms with Gasteiger partial charge in [0.1, 0.15) is 0 Å². The fourth-order valence-corrected chi connectivity index (χ4v) is 3.39. The first kappa shape index (κ1) is 12.4. The Morgan fingerprint density at radius 2 is 2.24 bits per heavy atom. The van der Waals surface area contributed by atoms with E-state index < -0.39 is 9.84 Å². The number of anilines is 1. The lowest BCUT2D eigenvalue weighted by Gasteiger charge is -2.31. The lowest BCUT2D eigenvalue weighted by atomic mass is 10.2. The Kier molecular flexibility index (Phi) is 3.40. The Morgan fingerprint density at radius 3 is 2.94 bits per heavy atom. The summed E-state index contributed by atoms with van der Waals surface area (Å²) in [5, 5.41) is 0. The number of likely N-dealkylation sites (N-methyl/N-ethyl adjacent to an activating group) is 1. The van der Waals surface area contributed by atoms with E-state index in [1.54, 1.807) is 18.2 Å². The van der Waals surface area contributed by atoms with Gasteiger partial charge in [0.05, 0.1) is 16.3 Å². The number of fused-ring (bicyclic) bond motifs is 1. The molecule has 0 saturated carbocycles. The summed E-state index contributed by atoms with van der Waals surface area (Å²) in [6.07, 6.45) is 0. The van der Waals surface area contributed by atoms with Gasteiger partial charge in [-0.2, -0.15) is 0 Å². The van der Waals surface area contributed by atoms with Crippen molar-refractivity contribution in [2.75, 3.05) is 44.4 Å². The van der Waals surface area contributed by atoms with E-state index in [2.05, 4.69) is 15.9 Å². The Hall–Kier alpha value is -1.07. The van der Waals surface area contributed by atoms with Crippen molar-refractivity contribution < 1.29 is 8.42 Å². The van der Waals surface area contributed by atoms with Crippen LogP contribution in [0.4, 0.5) is 5.69 Å². The highest BCUT2D eigenvalue weighted by molar-refractivity contribution is 7.91. The van der Waals surface area contributed by atoms with E-state index >= 15 is 0 Å². The molecule has 1 heterocycles. The largest absolute Gasteiger partial charge is 0.368 e. The van der Waals surface area contributed by atoms with Crippen LogP contribution in [0.25, 0.3) is 0 Å². The summed E-state index contributed by atoms with van der Waals surface area (Å²) in [4.78, 5) is 4.66. The van der Waals surface area contributed by atoms with Crippen LogP contribution < -0.4 is 4.90 Å². The van der Waals surface area contributed by atoms with Crippen molar-refractivity contribution in [3.05, 3.63) is 24.3 Å². The van der Waals surface area contributed by atoms with Crippen LogP contribution in [0.15, 0.2) is 23.1 Å². The molecule has 17 heavy (non-hydrogen) atoms. The fraction of sp³-hybridized carbons (Fsp3) is 0.500. The molecule has 1 aliphatic rings. The minimum atomic E-state index is -3.09. The highest BCUT2D eigenvalue weighted by atomic mass is 32.2. The zero-order valence-electron chi connectivity index (χ0n) is 10.2. The lowest BCUT2D eigenvalue weighted by molar-refractivity contribution is 0.413. The average Bonchev–Trinajstić information content (AvgIpc) is 2.28. The van der Waals surface area contributed by atoms with Crippen molar-refractivity contribution in [2.45, 2.75) is 4.90 Å². The predicted octanol–water partition coefficient (Wildman–Crippen LogP) is 0.642. The maximum Gasteiger partial charge on any atom is 0.182 e. The number of nitrogens with zero attached hydrogens (tertiary/aromatic N) is 2. The van der Waals surface area contributed by atoms with Crippen molar-refractivity contribution in [3.8, 4) is 0 Å². The van der Waals surface area contributed by atoms with E-state index in [1.807, 2.05) is 14.1 Å². The van der Waals surface area contributed by atoms with Gasteiger partial charge in [-0.15, -0.1) is 0 Å². The second-order valence-electron chi connectivity index (χ2n) is 4.50. The molecule has 0 fully saturated rings. The smallest absolute Gasteiger partial charge is 0.182 e. The fourth-order valence-electron chi connectivity index (χ4n) is 1.93. The Balaban J connectivity index is 2.29. The van der Waals surface area contributed by atoms with Crippen LogP contribution >= 0.6 is 0 Å². The third kappa shape index (κ3) is 2.61. The third-order valence-electron chi connectivity index (χ3n) is 2.93. The van der Waals surface area contributed by atoms with Crippen molar-refractivity contribution in [2.24, 2.45) is 0 Å². The van der Waals surface area contributed by atoms with Crippen LogP contribution in [0, 0.1) is 6.07 Å².